The molecular formula is C14H17F2NO. The lowest BCUT2D eigenvalue weighted by molar-refractivity contribution is -0.0327. The monoisotopic (exact) mass is 253 g/mol. The zero-order valence-electron chi connectivity index (χ0n) is 10.2. The minimum Gasteiger partial charge on any atom is -0.378 e. The van der Waals surface area contributed by atoms with Crippen LogP contribution in [0.2, 0.25) is 0 Å². The van der Waals surface area contributed by atoms with Gasteiger partial charge in [0.2, 0.25) is 0 Å². The van der Waals surface area contributed by atoms with Crippen molar-refractivity contribution in [3.8, 4) is 0 Å². The number of rotatable bonds is 1. The van der Waals surface area contributed by atoms with Crippen molar-refractivity contribution >= 4 is 0 Å². The maximum atomic E-state index is 13.3. The van der Waals surface area contributed by atoms with Gasteiger partial charge < -0.3 is 4.74 Å². The molecule has 2 nitrogen and oxygen atoms in total. The van der Waals surface area contributed by atoms with Gasteiger partial charge in [0, 0.05) is 24.6 Å². The van der Waals surface area contributed by atoms with Gasteiger partial charge in [-0.3, -0.25) is 4.90 Å². The number of benzene rings is 1. The predicted molar refractivity (Wildman–Crippen MR) is 64.5 cm³/mol. The van der Waals surface area contributed by atoms with Crippen molar-refractivity contribution < 1.29 is 13.5 Å². The normalized spacial score (nSPS) is 29.0. The molecule has 0 aliphatic carbocycles. The Labute approximate surface area is 106 Å². The highest BCUT2D eigenvalue weighted by Crippen LogP contribution is 2.34. The second-order valence-corrected chi connectivity index (χ2v) is 5.13. The number of halogens is 2. The molecule has 2 atom stereocenters. The van der Waals surface area contributed by atoms with Crippen LogP contribution in [0.25, 0.3) is 0 Å². The number of nitrogens with zero attached hydrogens (tertiary/aromatic N) is 1. The first kappa shape index (κ1) is 12.1. The van der Waals surface area contributed by atoms with E-state index in [4.69, 9.17) is 4.74 Å². The van der Waals surface area contributed by atoms with Crippen LogP contribution in [0.15, 0.2) is 18.2 Å². The molecule has 4 heteroatoms. The second-order valence-electron chi connectivity index (χ2n) is 5.13. The summed E-state index contributed by atoms with van der Waals surface area (Å²) in [5.74, 6) is -0.790. The van der Waals surface area contributed by atoms with Crippen LogP contribution in [-0.4, -0.2) is 37.2 Å². The highest BCUT2D eigenvalue weighted by atomic mass is 19.1. The van der Waals surface area contributed by atoms with Crippen molar-refractivity contribution in [3.63, 3.8) is 0 Å². The molecule has 98 valence electrons. The van der Waals surface area contributed by atoms with Gasteiger partial charge in [0.25, 0.3) is 0 Å². The Balaban J connectivity index is 1.89. The molecule has 0 spiro atoms. The summed E-state index contributed by atoms with van der Waals surface area (Å²) < 4.78 is 32.2. The summed E-state index contributed by atoms with van der Waals surface area (Å²) in [5.41, 5.74) is 0.771. The molecule has 0 saturated carbocycles. The molecule has 18 heavy (non-hydrogen) atoms. The van der Waals surface area contributed by atoms with E-state index in [1.54, 1.807) is 0 Å². The van der Waals surface area contributed by atoms with Gasteiger partial charge in [-0.25, -0.2) is 8.78 Å². The molecule has 2 fully saturated rings. The molecule has 0 amide bonds. The second kappa shape index (κ2) is 4.94. The van der Waals surface area contributed by atoms with Gasteiger partial charge in [-0.1, -0.05) is 0 Å². The third kappa shape index (κ3) is 2.27. The molecule has 3 rings (SSSR count). The zero-order valence-corrected chi connectivity index (χ0v) is 10.2. The molecule has 0 bridgehead atoms. The van der Waals surface area contributed by atoms with Crippen LogP contribution in [-0.2, 0) is 4.74 Å². The average molecular weight is 253 g/mol. The number of hydrogen-bond acceptors (Lipinski definition) is 2. The van der Waals surface area contributed by atoms with Gasteiger partial charge in [0.15, 0.2) is 0 Å². The Hall–Kier alpha value is -1.00. The van der Waals surface area contributed by atoms with Crippen LogP contribution >= 0.6 is 0 Å². The summed E-state index contributed by atoms with van der Waals surface area (Å²) in [5, 5.41) is 0. The van der Waals surface area contributed by atoms with Crippen LogP contribution in [0.4, 0.5) is 8.78 Å². The van der Waals surface area contributed by atoms with Gasteiger partial charge in [0.05, 0.1) is 13.2 Å². The van der Waals surface area contributed by atoms with E-state index in [0.29, 0.717) is 6.61 Å². The molecular weight excluding hydrogens is 236 g/mol. The van der Waals surface area contributed by atoms with Crippen molar-refractivity contribution in [3.05, 3.63) is 35.4 Å². The number of fused-ring (bicyclic) bond motifs is 1. The van der Waals surface area contributed by atoms with Gasteiger partial charge in [-0.2, -0.15) is 0 Å². The molecule has 1 aromatic carbocycles. The topological polar surface area (TPSA) is 12.5 Å². The lowest BCUT2D eigenvalue weighted by atomic mass is 9.83. The van der Waals surface area contributed by atoms with E-state index in [1.807, 2.05) is 0 Å². The smallest absolute Gasteiger partial charge is 0.126 e. The largest absolute Gasteiger partial charge is 0.378 e. The van der Waals surface area contributed by atoms with E-state index in [0.717, 1.165) is 44.2 Å². The fraction of sp³-hybridized carbons (Fsp3) is 0.571. The fourth-order valence-corrected chi connectivity index (χ4v) is 3.19. The minimum absolute atomic E-state index is 0.184. The molecule has 1 aromatic rings. The Morgan fingerprint density at radius 2 is 1.89 bits per heavy atom. The zero-order chi connectivity index (χ0) is 12.5. The first-order chi connectivity index (χ1) is 8.74. The predicted octanol–water partition coefficient (Wildman–Crippen LogP) is 2.54. The maximum absolute atomic E-state index is 13.3. The first-order valence-corrected chi connectivity index (χ1v) is 6.52. The number of morpholine rings is 1. The summed E-state index contributed by atoms with van der Waals surface area (Å²) in [4.78, 5) is 2.39. The summed E-state index contributed by atoms with van der Waals surface area (Å²) in [6.07, 6.45) is 2.06. The summed E-state index contributed by atoms with van der Waals surface area (Å²) in [6, 6.07) is 4.13. The summed E-state index contributed by atoms with van der Waals surface area (Å²) >= 11 is 0. The van der Waals surface area contributed by atoms with E-state index >= 15 is 0 Å². The number of hydrogen-bond donors (Lipinski definition) is 0. The molecule has 2 aliphatic heterocycles. The third-order valence-electron chi connectivity index (χ3n) is 4.02. The SMILES string of the molecule is Fc1cc(F)cc(C2CCCN3CCOCC23)c1. The van der Waals surface area contributed by atoms with E-state index in [9.17, 15) is 8.78 Å². The Kier molecular flexibility index (Phi) is 3.31. The molecule has 2 unspecified atom stereocenters. The van der Waals surface area contributed by atoms with Gasteiger partial charge in [-0.15, -0.1) is 0 Å². The molecule has 0 radical (unpaired) electrons. The maximum Gasteiger partial charge on any atom is 0.126 e. The van der Waals surface area contributed by atoms with Crippen molar-refractivity contribution in [1.82, 2.24) is 4.90 Å². The number of piperidine rings is 1. The van der Waals surface area contributed by atoms with E-state index in [1.165, 1.54) is 12.1 Å². The van der Waals surface area contributed by atoms with Crippen molar-refractivity contribution in [2.45, 2.75) is 24.8 Å². The minimum atomic E-state index is -0.487. The molecule has 2 heterocycles. The van der Waals surface area contributed by atoms with E-state index in [2.05, 4.69) is 4.90 Å². The van der Waals surface area contributed by atoms with Crippen LogP contribution in [0, 0.1) is 11.6 Å². The fourth-order valence-electron chi connectivity index (χ4n) is 3.19. The summed E-state index contributed by atoms with van der Waals surface area (Å²) in [7, 11) is 0. The lowest BCUT2D eigenvalue weighted by Crippen LogP contribution is -2.51. The first-order valence-electron chi connectivity index (χ1n) is 6.52. The van der Waals surface area contributed by atoms with Gasteiger partial charge in [-0.05, 0) is 37.1 Å². The highest BCUT2D eigenvalue weighted by molar-refractivity contribution is 5.24. The van der Waals surface area contributed by atoms with Crippen molar-refractivity contribution in [2.75, 3.05) is 26.3 Å². The Morgan fingerprint density at radius 1 is 1.11 bits per heavy atom. The molecule has 2 saturated heterocycles. The molecule has 0 N–H and O–H groups in total. The van der Waals surface area contributed by atoms with Crippen LogP contribution < -0.4 is 0 Å². The molecule has 2 aliphatic rings. The average Bonchev–Trinajstić information content (AvgIpc) is 2.37. The van der Waals surface area contributed by atoms with Crippen molar-refractivity contribution in [1.29, 1.82) is 0 Å². The quantitative estimate of drug-likeness (QED) is 0.762. The van der Waals surface area contributed by atoms with Crippen LogP contribution in [0.3, 0.4) is 0 Å². The highest BCUT2D eigenvalue weighted by Gasteiger charge is 2.34. The van der Waals surface area contributed by atoms with Crippen molar-refractivity contribution in [2.24, 2.45) is 0 Å². The number of ether oxygens (including phenoxy) is 1. The van der Waals surface area contributed by atoms with Crippen LogP contribution in [0.1, 0.15) is 24.3 Å². The Morgan fingerprint density at radius 3 is 2.67 bits per heavy atom. The summed E-state index contributed by atoms with van der Waals surface area (Å²) in [6.45, 7) is 3.44. The van der Waals surface area contributed by atoms with E-state index in [-0.39, 0.29) is 12.0 Å². The van der Waals surface area contributed by atoms with Gasteiger partial charge >= 0.3 is 0 Å². The standard InChI is InChI=1S/C14H17F2NO/c15-11-6-10(7-12(16)8-11)13-2-1-3-17-4-5-18-9-14(13)17/h6-8,13-14H,1-5,9H2. The van der Waals surface area contributed by atoms with Gasteiger partial charge in [0.1, 0.15) is 11.6 Å². The lowest BCUT2D eigenvalue weighted by Gasteiger charge is -2.44. The molecule has 0 aromatic heterocycles. The third-order valence-corrected chi connectivity index (χ3v) is 4.02. The van der Waals surface area contributed by atoms with Crippen LogP contribution in [0.5, 0.6) is 0 Å². The van der Waals surface area contributed by atoms with E-state index < -0.39 is 11.6 Å². The Bertz CT molecular complexity index is 416.